The van der Waals surface area contributed by atoms with Crippen molar-refractivity contribution in [2.75, 3.05) is 19.0 Å². The van der Waals surface area contributed by atoms with E-state index in [2.05, 4.69) is 32.8 Å². The van der Waals surface area contributed by atoms with E-state index in [-0.39, 0.29) is 12.1 Å². The quantitative estimate of drug-likeness (QED) is 0.906. The molecule has 0 fully saturated rings. The molecule has 1 aromatic heterocycles. The van der Waals surface area contributed by atoms with Gasteiger partial charge in [-0.05, 0) is 37.0 Å². The first-order valence-corrected chi connectivity index (χ1v) is 8.36. The van der Waals surface area contributed by atoms with Crippen LogP contribution in [0.15, 0.2) is 30.5 Å². The van der Waals surface area contributed by atoms with Crippen LogP contribution in [0.2, 0.25) is 0 Å². The minimum Gasteiger partial charge on any atom is -0.378 e. The van der Waals surface area contributed by atoms with Gasteiger partial charge in [0.15, 0.2) is 0 Å². The zero-order valence-corrected chi connectivity index (χ0v) is 14.5. The summed E-state index contributed by atoms with van der Waals surface area (Å²) in [6.07, 6.45) is 4.94. The number of benzene rings is 1. The summed E-state index contributed by atoms with van der Waals surface area (Å²) in [6.45, 7) is 0.520. The Morgan fingerprint density at radius 3 is 2.79 bits per heavy atom. The minimum absolute atomic E-state index is 0.0542. The molecule has 6 heteroatoms. The molecule has 1 heterocycles. The molecule has 0 unspecified atom stereocenters. The van der Waals surface area contributed by atoms with Crippen LogP contribution >= 0.6 is 0 Å². The first-order chi connectivity index (χ1) is 11.5. The summed E-state index contributed by atoms with van der Waals surface area (Å²) in [5.74, 6) is 0. The highest BCUT2D eigenvalue weighted by atomic mass is 16.2. The number of urea groups is 1. The van der Waals surface area contributed by atoms with Crippen LogP contribution in [0.5, 0.6) is 0 Å². The van der Waals surface area contributed by atoms with Crippen molar-refractivity contribution in [3.63, 3.8) is 0 Å². The van der Waals surface area contributed by atoms with Gasteiger partial charge in [0.2, 0.25) is 0 Å². The van der Waals surface area contributed by atoms with Crippen LogP contribution in [0.25, 0.3) is 0 Å². The van der Waals surface area contributed by atoms with Crippen molar-refractivity contribution in [3.05, 3.63) is 47.3 Å². The van der Waals surface area contributed by atoms with E-state index in [4.69, 9.17) is 0 Å². The Morgan fingerprint density at radius 1 is 1.33 bits per heavy atom. The SMILES string of the molecule is CN(C)c1ccc(CNC(=O)N[C@H]2CCCc3c2cnn3C)cc1. The number of rotatable bonds is 4. The molecule has 0 radical (unpaired) electrons. The first kappa shape index (κ1) is 16.4. The van der Waals surface area contributed by atoms with E-state index >= 15 is 0 Å². The van der Waals surface area contributed by atoms with E-state index in [0.29, 0.717) is 6.54 Å². The number of nitrogens with one attached hydrogen (secondary N) is 2. The van der Waals surface area contributed by atoms with E-state index in [1.807, 2.05) is 44.2 Å². The topological polar surface area (TPSA) is 62.2 Å². The van der Waals surface area contributed by atoms with Crippen LogP contribution in [0.4, 0.5) is 10.5 Å². The van der Waals surface area contributed by atoms with E-state index in [1.54, 1.807) is 0 Å². The summed E-state index contributed by atoms with van der Waals surface area (Å²) in [6, 6.07) is 8.10. The van der Waals surface area contributed by atoms with Gasteiger partial charge in [0.1, 0.15) is 0 Å². The second kappa shape index (κ2) is 6.95. The fourth-order valence-electron chi connectivity index (χ4n) is 3.16. The van der Waals surface area contributed by atoms with Gasteiger partial charge in [0.05, 0.1) is 12.2 Å². The number of anilines is 1. The number of aryl methyl sites for hydroxylation is 1. The minimum atomic E-state index is -0.131. The van der Waals surface area contributed by atoms with Crippen LogP contribution in [0, 0.1) is 0 Å². The standard InChI is InChI=1S/C18H25N5O/c1-22(2)14-9-7-13(8-10-14)11-19-18(24)21-16-5-4-6-17-15(16)12-20-23(17)3/h7-10,12,16H,4-6,11H2,1-3H3,(H2,19,21,24)/t16-/m0/s1. The van der Waals surface area contributed by atoms with Crippen molar-refractivity contribution >= 4 is 11.7 Å². The van der Waals surface area contributed by atoms with Gasteiger partial charge in [-0.15, -0.1) is 0 Å². The molecule has 0 spiro atoms. The Bertz CT molecular complexity index is 705. The second-order valence-corrected chi connectivity index (χ2v) is 6.50. The Labute approximate surface area is 142 Å². The van der Waals surface area contributed by atoms with E-state index in [9.17, 15) is 4.79 Å². The molecule has 3 rings (SSSR count). The predicted molar refractivity (Wildman–Crippen MR) is 95.0 cm³/mol. The molecule has 0 bridgehead atoms. The highest BCUT2D eigenvalue weighted by Crippen LogP contribution is 2.28. The van der Waals surface area contributed by atoms with Crippen LogP contribution in [0.1, 0.15) is 35.7 Å². The number of aromatic nitrogens is 2. The van der Waals surface area contributed by atoms with Gasteiger partial charge < -0.3 is 15.5 Å². The molecule has 2 N–H and O–H groups in total. The van der Waals surface area contributed by atoms with Crippen LogP contribution in [-0.2, 0) is 20.0 Å². The normalized spacial score (nSPS) is 16.4. The maximum atomic E-state index is 12.2. The lowest BCUT2D eigenvalue weighted by Gasteiger charge is -2.24. The summed E-state index contributed by atoms with van der Waals surface area (Å²) in [4.78, 5) is 14.3. The number of nitrogens with zero attached hydrogens (tertiary/aromatic N) is 3. The monoisotopic (exact) mass is 327 g/mol. The Kier molecular flexibility index (Phi) is 4.74. The first-order valence-electron chi connectivity index (χ1n) is 8.36. The number of fused-ring (bicyclic) bond motifs is 1. The van der Waals surface area contributed by atoms with Gasteiger partial charge in [-0.3, -0.25) is 4.68 Å². The van der Waals surface area contributed by atoms with Gasteiger partial charge in [0.25, 0.3) is 0 Å². The van der Waals surface area contributed by atoms with Gasteiger partial charge in [-0.25, -0.2) is 4.79 Å². The summed E-state index contributed by atoms with van der Waals surface area (Å²) in [5, 5.41) is 10.3. The summed E-state index contributed by atoms with van der Waals surface area (Å²) < 4.78 is 1.91. The number of carbonyl (C=O) groups is 1. The molecule has 1 aliphatic carbocycles. The third kappa shape index (κ3) is 3.53. The molecular formula is C18H25N5O. The molecule has 0 saturated heterocycles. The maximum absolute atomic E-state index is 12.2. The predicted octanol–water partition coefficient (Wildman–Crippen LogP) is 2.36. The number of hydrogen-bond acceptors (Lipinski definition) is 3. The highest BCUT2D eigenvalue weighted by Gasteiger charge is 2.24. The van der Waals surface area contributed by atoms with Crippen LogP contribution < -0.4 is 15.5 Å². The van der Waals surface area contributed by atoms with E-state index < -0.39 is 0 Å². The molecule has 1 aromatic carbocycles. The molecule has 24 heavy (non-hydrogen) atoms. The Balaban J connectivity index is 1.55. The van der Waals surface area contributed by atoms with Gasteiger partial charge in [0, 0.05) is 44.6 Å². The molecule has 6 nitrogen and oxygen atoms in total. The third-order valence-corrected chi connectivity index (χ3v) is 4.59. The van der Waals surface area contributed by atoms with Gasteiger partial charge >= 0.3 is 6.03 Å². The Hall–Kier alpha value is -2.50. The van der Waals surface area contributed by atoms with E-state index in [0.717, 1.165) is 36.1 Å². The average molecular weight is 327 g/mol. The molecule has 0 saturated carbocycles. The van der Waals surface area contributed by atoms with Crippen molar-refractivity contribution < 1.29 is 4.79 Å². The maximum Gasteiger partial charge on any atom is 0.315 e. The van der Waals surface area contributed by atoms with Crippen molar-refractivity contribution in [1.82, 2.24) is 20.4 Å². The van der Waals surface area contributed by atoms with Crippen LogP contribution in [-0.4, -0.2) is 29.9 Å². The lowest BCUT2D eigenvalue weighted by Crippen LogP contribution is -2.38. The lowest BCUT2D eigenvalue weighted by molar-refractivity contribution is 0.235. The third-order valence-electron chi connectivity index (χ3n) is 4.59. The molecule has 2 aromatic rings. The zero-order chi connectivity index (χ0) is 17.1. The Morgan fingerprint density at radius 2 is 2.08 bits per heavy atom. The van der Waals surface area contributed by atoms with Gasteiger partial charge in [-0.2, -0.15) is 5.10 Å². The number of carbonyl (C=O) groups excluding carboxylic acids is 1. The summed E-state index contributed by atoms with van der Waals surface area (Å²) in [5.41, 5.74) is 4.61. The summed E-state index contributed by atoms with van der Waals surface area (Å²) >= 11 is 0. The summed E-state index contributed by atoms with van der Waals surface area (Å²) in [7, 11) is 5.98. The molecule has 2 amide bonds. The fraction of sp³-hybridized carbons (Fsp3) is 0.444. The van der Waals surface area contributed by atoms with Crippen molar-refractivity contribution in [1.29, 1.82) is 0 Å². The van der Waals surface area contributed by atoms with Crippen molar-refractivity contribution in [3.8, 4) is 0 Å². The van der Waals surface area contributed by atoms with Crippen molar-refractivity contribution in [2.45, 2.75) is 31.8 Å². The number of amides is 2. The smallest absolute Gasteiger partial charge is 0.315 e. The molecule has 128 valence electrons. The number of hydrogen-bond donors (Lipinski definition) is 2. The molecule has 0 aliphatic heterocycles. The molecule has 1 atom stereocenters. The zero-order valence-electron chi connectivity index (χ0n) is 14.5. The highest BCUT2D eigenvalue weighted by molar-refractivity contribution is 5.74. The van der Waals surface area contributed by atoms with Crippen molar-refractivity contribution in [2.24, 2.45) is 7.05 Å². The average Bonchev–Trinajstić information content (AvgIpc) is 2.96. The van der Waals surface area contributed by atoms with Gasteiger partial charge in [-0.1, -0.05) is 12.1 Å². The van der Waals surface area contributed by atoms with Crippen LogP contribution in [0.3, 0.4) is 0 Å². The second-order valence-electron chi connectivity index (χ2n) is 6.50. The fourth-order valence-corrected chi connectivity index (χ4v) is 3.16. The molecular weight excluding hydrogens is 302 g/mol. The lowest BCUT2D eigenvalue weighted by atomic mass is 9.93. The largest absolute Gasteiger partial charge is 0.378 e. The van der Waals surface area contributed by atoms with E-state index in [1.165, 1.54) is 5.69 Å². The molecule has 1 aliphatic rings.